The van der Waals surface area contributed by atoms with Crippen molar-refractivity contribution in [1.82, 2.24) is 20.5 Å². The quantitative estimate of drug-likeness (QED) is 0.316. The molecule has 3 N–H and O–H groups in total. The molecule has 0 aliphatic carbocycles. The number of nitrogens with one attached hydrogen (secondary N) is 2. The summed E-state index contributed by atoms with van der Waals surface area (Å²) in [6.45, 7) is 7.94. The summed E-state index contributed by atoms with van der Waals surface area (Å²) >= 11 is 5.09. The summed E-state index contributed by atoms with van der Waals surface area (Å²) in [6.07, 6.45) is 0.0735. The SMILES string of the molecule is Cc1ncsc1-c1ccc(CNC(=O)[C@@H]2C[C@@H](O)CN2C(=O)[C@@H](NC(=O)CCc2ccccc2Br)C(C)(C)C)cc1. The number of benzene rings is 2. The maximum atomic E-state index is 13.8. The zero-order valence-corrected chi connectivity index (χ0v) is 26.2. The highest BCUT2D eigenvalue weighted by atomic mass is 79.9. The average Bonchev–Trinajstić information content (AvgIpc) is 3.54. The van der Waals surface area contributed by atoms with Crippen molar-refractivity contribution in [3.63, 3.8) is 0 Å². The van der Waals surface area contributed by atoms with Crippen LogP contribution in [-0.2, 0) is 27.3 Å². The van der Waals surface area contributed by atoms with Gasteiger partial charge in [-0.2, -0.15) is 0 Å². The number of carbonyl (C=O) groups is 3. The molecule has 3 atom stereocenters. The number of carbonyl (C=O) groups excluding carboxylic acids is 3. The smallest absolute Gasteiger partial charge is 0.246 e. The van der Waals surface area contributed by atoms with E-state index < -0.39 is 23.6 Å². The summed E-state index contributed by atoms with van der Waals surface area (Å²) < 4.78 is 0.932. The Hall–Kier alpha value is -3.08. The lowest BCUT2D eigenvalue weighted by Crippen LogP contribution is -2.57. The lowest BCUT2D eigenvalue weighted by molar-refractivity contribution is -0.144. The Kier molecular flexibility index (Phi) is 9.99. The Morgan fingerprint density at radius 3 is 2.49 bits per heavy atom. The molecular formula is C31H37BrN4O4S. The van der Waals surface area contributed by atoms with Gasteiger partial charge in [0.1, 0.15) is 12.1 Å². The van der Waals surface area contributed by atoms with Gasteiger partial charge in [-0.05, 0) is 41.5 Å². The summed E-state index contributed by atoms with van der Waals surface area (Å²) in [7, 11) is 0. The Morgan fingerprint density at radius 2 is 1.85 bits per heavy atom. The average molecular weight is 642 g/mol. The van der Waals surface area contributed by atoms with E-state index in [2.05, 4.69) is 31.5 Å². The molecular weight excluding hydrogens is 604 g/mol. The summed E-state index contributed by atoms with van der Waals surface area (Å²) in [5.74, 6) is -0.940. The summed E-state index contributed by atoms with van der Waals surface area (Å²) in [6, 6.07) is 14.0. The Morgan fingerprint density at radius 1 is 1.15 bits per heavy atom. The number of aromatic nitrogens is 1. The van der Waals surface area contributed by atoms with Gasteiger partial charge in [-0.15, -0.1) is 11.3 Å². The van der Waals surface area contributed by atoms with Crippen molar-refractivity contribution in [2.75, 3.05) is 6.54 Å². The van der Waals surface area contributed by atoms with Gasteiger partial charge in [-0.3, -0.25) is 14.4 Å². The first kappa shape index (κ1) is 30.9. The van der Waals surface area contributed by atoms with Crippen LogP contribution >= 0.6 is 27.3 Å². The van der Waals surface area contributed by atoms with Crippen molar-refractivity contribution in [2.45, 2.75) is 71.7 Å². The molecule has 10 heteroatoms. The van der Waals surface area contributed by atoms with E-state index in [0.717, 1.165) is 31.7 Å². The van der Waals surface area contributed by atoms with E-state index in [1.807, 2.05) is 81.7 Å². The van der Waals surface area contributed by atoms with Gasteiger partial charge < -0.3 is 20.6 Å². The first-order chi connectivity index (χ1) is 19.4. The highest BCUT2D eigenvalue weighted by Gasteiger charge is 2.44. The van der Waals surface area contributed by atoms with Crippen LogP contribution in [0.4, 0.5) is 0 Å². The van der Waals surface area contributed by atoms with Gasteiger partial charge in [0, 0.05) is 30.4 Å². The minimum atomic E-state index is -0.849. The number of β-amino-alcohol motifs (C(OH)–C–C–N with tert-alkyl or cyclic N) is 1. The molecule has 4 rings (SSSR count). The fraction of sp³-hybridized carbons (Fsp3) is 0.419. The van der Waals surface area contributed by atoms with E-state index in [9.17, 15) is 19.5 Å². The predicted molar refractivity (Wildman–Crippen MR) is 164 cm³/mol. The van der Waals surface area contributed by atoms with E-state index in [1.165, 1.54) is 4.90 Å². The van der Waals surface area contributed by atoms with Crippen LogP contribution in [0.15, 0.2) is 58.5 Å². The van der Waals surface area contributed by atoms with E-state index in [1.54, 1.807) is 11.3 Å². The maximum absolute atomic E-state index is 13.8. The molecule has 0 radical (unpaired) electrons. The first-order valence-electron chi connectivity index (χ1n) is 13.7. The summed E-state index contributed by atoms with van der Waals surface area (Å²) in [5, 5.41) is 16.3. The molecule has 0 bridgehead atoms. The molecule has 1 aromatic heterocycles. The van der Waals surface area contributed by atoms with Gasteiger partial charge in [0.25, 0.3) is 0 Å². The van der Waals surface area contributed by atoms with Crippen molar-refractivity contribution in [1.29, 1.82) is 0 Å². The van der Waals surface area contributed by atoms with E-state index >= 15 is 0 Å². The third kappa shape index (κ3) is 7.81. The minimum Gasteiger partial charge on any atom is -0.391 e. The number of hydrogen-bond donors (Lipinski definition) is 3. The van der Waals surface area contributed by atoms with Crippen LogP contribution < -0.4 is 10.6 Å². The third-order valence-corrected chi connectivity index (χ3v) is 9.04. The maximum Gasteiger partial charge on any atom is 0.246 e. The monoisotopic (exact) mass is 640 g/mol. The molecule has 1 aliphatic heterocycles. The van der Waals surface area contributed by atoms with E-state index in [0.29, 0.717) is 13.0 Å². The zero-order valence-electron chi connectivity index (χ0n) is 23.8. The molecule has 2 aromatic carbocycles. The molecule has 3 aromatic rings. The van der Waals surface area contributed by atoms with Crippen LogP contribution in [0.2, 0.25) is 0 Å². The fourth-order valence-corrected chi connectivity index (χ4v) is 6.26. The molecule has 2 heterocycles. The van der Waals surface area contributed by atoms with E-state index in [4.69, 9.17) is 0 Å². The number of aryl methyl sites for hydroxylation is 2. The van der Waals surface area contributed by atoms with Crippen molar-refractivity contribution >= 4 is 45.0 Å². The number of aliphatic hydroxyl groups is 1. The second-order valence-corrected chi connectivity index (χ2v) is 13.2. The predicted octanol–water partition coefficient (Wildman–Crippen LogP) is 4.62. The molecule has 8 nitrogen and oxygen atoms in total. The number of aliphatic hydroxyl groups excluding tert-OH is 1. The number of rotatable bonds is 9. The van der Waals surface area contributed by atoms with Crippen LogP contribution in [-0.4, -0.2) is 57.4 Å². The topological polar surface area (TPSA) is 112 Å². The number of amides is 3. The fourth-order valence-electron chi connectivity index (χ4n) is 4.96. The highest BCUT2D eigenvalue weighted by molar-refractivity contribution is 9.10. The minimum absolute atomic E-state index is 0.0409. The second-order valence-electron chi connectivity index (χ2n) is 11.5. The Bertz CT molecular complexity index is 1390. The molecule has 1 aliphatic rings. The van der Waals surface area contributed by atoms with Gasteiger partial charge in [-0.1, -0.05) is 79.2 Å². The molecule has 41 heavy (non-hydrogen) atoms. The van der Waals surface area contributed by atoms with Crippen LogP contribution in [0, 0.1) is 12.3 Å². The highest BCUT2D eigenvalue weighted by Crippen LogP contribution is 2.28. The van der Waals surface area contributed by atoms with Crippen molar-refractivity contribution < 1.29 is 19.5 Å². The van der Waals surface area contributed by atoms with Crippen molar-refractivity contribution in [3.8, 4) is 10.4 Å². The largest absolute Gasteiger partial charge is 0.391 e. The number of likely N-dealkylation sites (tertiary alicyclic amines) is 1. The van der Waals surface area contributed by atoms with Gasteiger partial charge in [0.2, 0.25) is 17.7 Å². The van der Waals surface area contributed by atoms with Gasteiger partial charge in [-0.25, -0.2) is 4.98 Å². The summed E-state index contributed by atoms with van der Waals surface area (Å²) in [5.41, 5.74) is 5.20. The van der Waals surface area contributed by atoms with Crippen LogP contribution in [0.3, 0.4) is 0 Å². The molecule has 1 fully saturated rings. The van der Waals surface area contributed by atoms with Gasteiger partial charge >= 0.3 is 0 Å². The van der Waals surface area contributed by atoms with E-state index in [-0.39, 0.29) is 37.1 Å². The molecule has 0 unspecified atom stereocenters. The molecule has 0 saturated carbocycles. The molecule has 218 valence electrons. The zero-order chi connectivity index (χ0) is 29.7. The Labute approximate surface area is 253 Å². The van der Waals surface area contributed by atoms with Crippen molar-refractivity contribution in [3.05, 3.63) is 75.3 Å². The van der Waals surface area contributed by atoms with Crippen LogP contribution in [0.25, 0.3) is 10.4 Å². The second kappa shape index (κ2) is 13.3. The third-order valence-electron chi connectivity index (χ3n) is 7.29. The normalized spacial score (nSPS) is 17.8. The lowest BCUT2D eigenvalue weighted by atomic mass is 9.85. The van der Waals surface area contributed by atoms with Crippen LogP contribution in [0.1, 0.15) is 50.4 Å². The number of nitrogens with zero attached hydrogens (tertiary/aromatic N) is 2. The summed E-state index contributed by atoms with van der Waals surface area (Å²) in [4.78, 5) is 46.8. The lowest BCUT2D eigenvalue weighted by Gasteiger charge is -2.35. The standard InChI is InChI=1S/C31H37BrN4O4S/c1-19-27(41-18-34-19)22-11-9-20(10-12-22)16-33-29(39)25-15-23(37)17-36(25)30(40)28(31(2,3)4)35-26(38)14-13-21-7-5-6-8-24(21)32/h5-12,18,23,25,28,37H,13-17H2,1-4H3,(H,33,39)(H,35,38)/t23-,25+,28-/m1/s1. The molecule has 3 amide bonds. The number of halogens is 1. The van der Waals surface area contributed by atoms with Crippen LogP contribution in [0.5, 0.6) is 0 Å². The number of thiazole rings is 1. The van der Waals surface area contributed by atoms with Crippen molar-refractivity contribution in [2.24, 2.45) is 5.41 Å². The van der Waals surface area contributed by atoms with Gasteiger partial charge in [0.15, 0.2) is 0 Å². The molecule has 0 spiro atoms. The van der Waals surface area contributed by atoms with Gasteiger partial charge in [0.05, 0.1) is 22.2 Å². The number of hydrogen-bond acceptors (Lipinski definition) is 6. The first-order valence-corrected chi connectivity index (χ1v) is 15.4. The Balaban J connectivity index is 1.39. The molecule has 1 saturated heterocycles.